The molecule has 4 aliphatic carbocycles. The molecule has 7 rings (SSSR count). The van der Waals surface area contributed by atoms with Crippen LogP contribution >= 0.6 is 56.9 Å². The van der Waals surface area contributed by atoms with Crippen molar-refractivity contribution in [1.82, 2.24) is 4.90 Å². The molecule has 3 N–H and O–H groups in total. The summed E-state index contributed by atoms with van der Waals surface area (Å²) in [6, 6.07) is 3.54. The third kappa shape index (κ3) is 3.77. The van der Waals surface area contributed by atoms with Crippen molar-refractivity contribution in [1.29, 1.82) is 0 Å². The molecular weight excluding hydrogens is 738 g/mol. The van der Waals surface area contributed by atoms with Crippen LogP contribution in [0.1, 0.15) is 69.2 Å². The normalized spacial score (nSPS) is 42.5. The number of aliphatic hydroxyl groups is 2. The van der Waals surface area contributed by atoms with Crippen LogP contribution in [-0.4, -0.2) is 72.5 Å². The van der Waals surface area contributed by atoms with Crippen molar-refractivity contribution >= 4 is 67.9 Å². The Labute approximate surface area is 262 Å². The number of carbonyl (C=O) groups is 1. The van der Waals surface area contributed by atoms with E-state index in [0.717, 1.165) is 63.2 Å². The number of aromatic hydroxyl groups is 1. The second kappa shape index (κ2) is 9.31. The number of carbonyl (C=O) groups excluding carboxylic acids is 1. The molecule has 210 valence electrons. The number of thioether (sulfide) groups is 1. The van der Waals surface area contributed by atoms with Crippen molar-refractivity contribution in [2.75, 3.05) is 19.6 Å². The summed E-state index contributed by atoms with van der Waals surface area (Å²) >= 11 is 5.96. The van der Waals surface area contributed by atoms with Crippen LogP contribution in [0.4, 0.5) is 0 Å². The number of allylic oxidation sites excluding steroid dienone is 1. The number of halogens is 2. The average Bonchev–Trinajstić information content (AvgIpc) is 3.49. The zero-order valence-electron chi connectivity index (χ0n) is 22.5. The van der Waals surface area contributed by atoms with Crippen LogP contribution in [-0.2, 0) is 0 Å². The number of hydrogen-bond donors (Lipinski definition) is 3. The number of benzene rings is 1. The average molecular weight is 776 g/mol. The molecule has 2 heterocycles. The van der Waals surface area contributed by atoms with Crippen LogP contribution in [0.25, 0.3) is 0 Å². The zero-order valence-corrected chi connectivity index (χ0v) is 27.6. The third-order valence-corrected chi connectivity index (χ3v) is 14.8. The minimum Gasteiger partial charge on any atom is -0.506 e. The van der Waals surface area contributed by atoms with Gasteiger partial charge in [-0.25, -0.2) is 9.48 Å². The van der Waals surface area contributed by atoms with E-state index in [9.17, 15) is 20.1 Å². The summed E-state index contributed by atoms with van der Waals surface area (Å²) in [6.07, 6.45) is 9.39. The molecule has 6 nitrogen and oxygen atoms in total. The van der Waals surface area contributed by atoms with E-state index in [0.29, 0.717) is 37.0 Å². The molecule has 0 bridgehead atoms. The number of phenols is 1. The largest absolute Gasteiger partial charge is 0.506 e. The van der Waals surface area contributed by atoms with E-state index in [-0.39, 0.29) is 33.7 Å². The number of fused-ring (bicyclic) bond motifs is 9. The van der Waals surface area contributed by atoms with Crippen LogP contribution in [0.3, 0.4) is 0 Å². The molecule has 39 heavy (non-hydrogen) atoms. The van der Waals surface area contributed by atoms with E-state index >= 15 is 0 Å². The summed E-state index contributed by atoms with van der Waals surface area (Å²) in [5.41, 5.74) is 1.26. The first-order chi connectivity index (χ1) is 18.5. The van der Waals surface area contributed by atoms with Crippen LogP contribution in [0.2, 0.25) is 0 Å². The highest BCUT2D eigenvalue weighted by Crippen LogP contribution is 2.70. The van der Waals surface area contributed by atoms with Gasteiger partial charge in [0.25, 0.3) is 0 Å². The van der Waals surface area contributed by atoms with Crippen LogP contribution in [0.15, 0.2) is 23.8 Å². The van der Waals surface area contributed by atoms with E-state index in [1.165, 1.54) is 5.57 Å². The number of aliphatic hydroxyl groups excluding tert-OH is 1. The number of Topliss-reactive ketones (excluding diaryl/α,β-unsaturated/α-hetero) is 1. The van der Waals surface area contributed by atoms with Crippen molar-refractivity contribution in [3.8, 4) is 5.75 Å². The minimum absolute atomic E-state index is 0.0464. The fourth-order valence-corrected chi connectivity index (χ4v) is 13.1. The van der Waals surface area contributed by atoms with Crippen molar-refractivity contribution in [2.45, 2.75) is 75.9 Å². The minimum atomic E-state index is -0.878. The van der Waals surface area contributed by atoms with Crippen molar-refractivity contribution in [3.05, 3.63) is 36.5 Å². The molecule has 0 aromatic heterocycles. The Morgan fingerprint density at radius 2 is 1.92 bits per heavy atom. The maximum absolute atomic E-state index is 13.3. The van der Waals surface area contributed by atoms with Crippen LogP contribution in [0, 0.1) is 35.7 Å². The molecule has 0 amide bonds. The van der Waals surface area contributed by atoms with E-state index in [1.54, 1.807) is 23.9 Å². The van der Waals surface area contributed by atoms with Gasteiger partial charge in [-0.3, -0.25) is 4.79 Å². The molecule has 9 heteroatoms. The number of phenolic OH excluding ortho intramolecular Hbond substituents is 1. The molecule has 0 spiro atoms. The Morgan fingerprint density at radius 1 is 1.18 bits per heavy atom. The lowest BCUT2D eigenvalue weighted by atomic mass is 9.47. The Bertz CT molecular complexity index is 1310. The van der Waals surface area contributed by atoms with Gasteiger partial charge in [-0.05, 0) is 137 Å². The monoisotopic (exact) mass is 775 g/mol. The summed E-state index contributed by atoms with van der Waals surface area (Å²) in [7, 11) is 0. The molecule has 3 saturated carbocycles. The van der Waals surface area contributed by atoms with E-state index in [1.807, 2.05) is 0 Å². The molecule has 1 aromatic rings. The molecular formula is C30H37I2N2O4S+. The molecule has 4 fully saturated rings. The Kier molecular flexibility index (Phi) is 6.56. The number of nitrogens with zero attached hydrogens (tertiary/aromatic N) is 2. The first-order valence-electron chi connectivity index (χ1n) is 14.3. The summed E-state index contributed by atoms with van der Waals surface area (Å²) < 4.78 is 3.55. The van der Waals surface area contributed by atoms with Gasteiger partial charge in [0.05, 0.1) is 18.5 Å². The highest BCUT2D eigenvalue weighted by molar-refractivity contribution is 14.1. The first-order valence-corrected chi connectivity index (χ1v) is 17.4. The third-order valence-electron chi connectivity index (χ3n) is 11.7. The Hall–Kier alpha value is -0.370. The van der Waals surface area contributed by atoms with Gasteiger partial charge in [0, 0.05) is 11.0 Å². The maximum atomic E-state index is 13.3. The fraction of sp³-hybridized carbons (Fsp3) is 0.667. The molecule has 1 aromatic carbocycles. The molecule has 0 radical (unpaired) electrons. The first kappa shape index (κ1) is 27.5. The maximum Gasteiger partial charge on any atom is 0.312 e. The topological polar surface area (TPSA) is 84.0 Å². The highest BCUT2D eigenvalue weighted by Gasteiger charge is 2.76. The summed E-state index contributed by atoms with van der Waals surface area (Å²) in [5.74, 6) is 1.99. The highest BCUT2D eigenvalue weighted by atomic mass is 127. The number of ketones is 1. The second-order valence-electron chi connectivity index (χ2n) is 13.2. The van der Waals surface area contributed by atoms with Gasteiger partial charge in [-0.2, -0.15) is 0 Å². The van der Waals surface area contributed by atoms with E-state index in [4.69, 9.17) is 0 Å². The Morgan fingerprint density at radius 3 is 2.67 bits per heavy atom. The van der Waals surface area contributed by atoms with Crippen molar-refractivity contribution < 1.29 is 24.7 Å². The molecule has 1 saturated heterocycles. The lowest BCUT2D eigenvalue weighted by Gasteiger charge is -2.58. The SMILES string of the molecule is C[C@]12CCC(O)CC1=CCC1C2CC[C@@]2(C)C1C[C@H]1SC3=[N+](CC(=O)c4cc(I)c(O)c(I)c4)CCN3[C@]12O. The summed E-state index contributed by atoms with van der Waals surface area (Å²) in [6.45, 7) is 6.61. The molecule has 4 unspecified atom stereocenters. The van der Waals surface area contributed by atoms with Crippen LogP contribution < -0.4 is 0 Å². The van der Waals surface area contributed by atoms with Gasteiger partial charge in [-0.15, -0.1) is 0 Å². The van der Waals surface area contributed by atoms with Crippen molar-refractivity contribution in [2.24, 2.45) is 28.6 Å². The number of rotatable bonds is 3. The fourth-order valence-electron chi connectivity index (χ4n) is 9.53. The molecule has 2 aliphatic heterocycles. The molecule has 8 atom stereocenters. The summed E-state index contributed by atoms with van der Waals surface area (Å²) in [4.78, 5) is 15.6. The quantitative estimate of drug-likeness (QED) is 0.170. The van der Waals surface area contributed by atoms with Crippen molar-refractivity contribution in [3.63, 3.8) is 0 Å². The van der Waals surface area contributed by atoms with E-state index in [2.05, 4.69) is 74.6 Å². The predicted octanol–water partition coefficient (Wildman–Crippen LogP) is 5.21. The van der Waals surface area contributed by atoms with Gasteiger partial charge in [0.2, 0.25) is 11.5 Å². The van der Waals surface area contributed by atoms with Gasteiger partial charge >= 0.3 is 5.17 Å². The van der Waals surface area contributed by atoms with Crippen LogP contribution in [0.5, 0.6) is 5.75 Å². The van der Waals surface area contributed by atoms with Gasteiger partial charge in [0.15, 0.2) is 0 Å². The van der Waals surface area contributed by atoms with E-state index < -0.39 is 5.72 Å². The number of amidine groups is 1. The predicted molar refractivity (Wildman–Crippen MR) is 169 cm³/mol. The van der Waals surface area contributed by atoms with Gasteiger partial charge < -0.3 is 15.3 Å². The summed E-state index contributed by atoms with van der Waals surface area (Å²) in [5, 5.41) is 34.3. The second-order valence-corrected chi connectivity index (χ2v) is 16.7. The zero-order chi connectivity index (χ0) is 27.5. The smallest absolute Gasteiger partial charge is 0.312 e. The van der Waals surface area contributed by atoms with Gasteiger partial charge in [0.1, 0.15) is 25.4 Å². The standard InChI is InChI=1S/C30H36I2N2O4S/c1-28-7-5-18(35)13-17(28)3-4-19-20(28)6-8-29(2)21(19)14-25-30(29,38)34-10-9-33(27(34)39-25)15-24(36)16-11-22(31)26(37)23(32)12-16/h3,11-12,18-21,25,35,38H,4-10,13-15H2,1-2H3/p+1/t18?,19?,20?,21?,25-,28+,29+,30+/m1/s1. The number of hydrogen-bond acceptors (Lipinski definition) is 6. The Balaban J connectivity index is 1.16. The molecule has 6 aliphatic rings. The lowest BCUT2D eigenvalue weighted by molar-refractivity contribution is -0.501. The van der Waals surface area contributed by atoms with Gasteiger partial charge in [-0.1, -0.05) is 25.5 Å². The lowest BCUT2D eigenvalue weighted by Crippen LogP contribution is -2.61.